The summed E-state index contributed by atoms with van der Waals surface area (Å²) < 4.78 is 4.92. The van der Waals surface area contributed by atoms with Crippen molar-refractivity contribution in [3.8, 4) is 62.1 Å². The van der Waals surface area contributed by atoms with Crippen LogP contribution in [-0.2, 0) is 0 Å². The highest BCUT2D eigenvalue weighted by molar-refractivity contribution is 7.25. The van der Waals surface area contributed by atoms with Crippen molar-refractivity contribution >= 4 is 74.9 Å². The van der Waals surface area contributed by atoms with Gasteiger partial charge < -0.3 is 4.57 Å². The molecular formula is C53H30N4S. The van der Waals surface area contributed by atoms with Gasteiger partial charge in [0.1, 0.15) is 0 Å². The molecule has 0 saturated heterocycles. The van der Waals surface area contributed by atoms with E-state index < -0.39 is 0 Å². The minimum absolute atomic E-state index is 0.635. The van der Waals surface area contributed by atoms with Crippen LogP contribution in [0.3, 0.4) is 0 Å². The second kappa shape index (κ2) is 12.0. The minimum Gasteiger partial charge on any atom is -0.308 e. The Morgan fingerprint density at radius 3 is 1.79 bits per heavy atom. The van der Waals surface area contributed by atoms with Crippen molar-refractivity contribution in [3.05, 3.63) is 182 Å². The van der Waals surface area contributed by atoms with Crippen molar-refractivity contribution in [1.29, 1.82) is 0 Å². The van der Waals surface area contributed by atoms with Crippen LogP contribution in [0.2, 0.25) is 0 Å². The van der Waals surface area contributed by atoms with Crippen molar-refractivity contribution in [2.45, 2.75) is 0 Å². The van der Waals surface area contributed by atoms with Gasteiger partial charge in [-0.25, -0.2) is 15.0 Å². The Hall–Kier alpha value is -7.47. The lowest BCUT2D eigenvalue weighted by Gasteiger charge is -2.17. The largest absolute Gasteiger partial charge is 0.308 e. The SMILES string of the molecule is c1ccc(-c2nc(-c3cc4sc5ccccc5c4cc3-n3c4cccc5c4c4c6c(cccc6ccc43)-c3ccccc3-5)nc(-c3cccc4ccccc34)n2)cc1. The second-order valence-corrected chi connectivity index (χ2v) is 16.2. The van der Waals surface area contributed by atoms with E-state index in [9.17, 15) is 0 Å². The van der Waals surface area contributed by atoms with E-state index in [2.05, 4.69) is 168 Å². The van der Waals surface area contributed by atoms with Crippen LogP contribution in [0, 0.1) is 0 Å². The standard InChI is InChI=1S/C53H30N4S/c1-2-14-33(15-3-1)51-54-52(40-24-10-16-31-13-4-5-18-34(31)40)56-53(55-51)42-30-47-41(37-21-8-9-26-46(37)58-47)29-45(42)57-43-25-12-23-39-36-20-7-6-19-35(36)38-22-11-17-32-27-28-44(57)50(48(32)38)49(39)43/h1-30H. The number of benzene rings is 9. The highest BCUT2D eigenvalue weighted by Crippen LogP contribution is 2.51. The molecule has 268 valence electrons. The Kier molecular flexibility index (Phi) is 6.57. The molecule has 1 aliphatic carbocycles. The van der Waals surface area contributed by atoms with E-state index in [1.165, 1.54) is 64.0 Å². The number of hydrogen-bond donors (Lipinski definition) is 0. The van der Waals surface area contributed by atoms with Crippen molar-refractivity contribution in [2.24, 2.45) is 0 Å². The van der Waals surface area contributed by atoms with E-state index >= 15 is 0 Å². The molecule has 9 aromatic carbocycles. The normalized spacial score (nSPS) is 12.1. The summed E-state index contributed by atoms with van der Waals surface area (Å²) in [5.41, 5.74) is 11.2. The molecular weight excluding hydrogens is 725 g/mol. The van der Waals surface area contributed by atoms with Gasteiger partial charge in [-0.05, 0) is 74.1 Å². The molecule has 4 nitrogen and oxygen atoms in total. The average molecular weight is 755 g/mol. The Morgan fingerprint density at radius 2 is 0.948 bits per heavy atom. The predicted molar refractivity (Wildman–Crippen MR) is 243 cm³/mol. The first-order chi connectivity index (χ1) is 28.8. The van der Waals surface area contributed by atoms with Gasteiger partial charge in [0, 0.05) is 47.6 Å². The highest BCUT2D eigenvalue weighted by atomic mass is 32.1. The molecule has 0 amide bonds. The van der Waals surface area contributed by atoms with Crippen LogP contribution in [0.5, 0.6) is 0 Å². The van der Waals surface area contributed by atoms with Crippen LogP contribution in [0.4, 0.5) is 0 Å². The molecule has 0 fully saturated rings. The number of aromatic nitrogens is 4. The van der Waals surface area contributed by atoms with Crippen LogP contribution >= 0.6 is 11.3 Å². The van der Waals surface area contributed by atoms with Gasteiger partial charge in [-0.2, -0.15) is 0 Å². The molecule has 0 radical (unpaired) electrons. The maximum absolute atomic E-state index is 5.43. The van der Waals surface area contributed by atoms with E-state index in [0.29, 0.717) is 17.5 Å². The summed E-state index contributed by atoms with van der Waals surface area (Å²) in [7, 11) is 0. The van der Waals surface area contributed by atoms with E-state index in [1.54, 1.807) is 0 Å². The fraction of sp³-hybridized carbons (Fsp3) is 0. The molecule has 12 aromatic rings. The summed E-state index contributed by atoms with van der Waals surface area (Å²) in [6.45, 7) is 0. The predicted octanol–water partition coefficient (Wildman–Crippen LogP) is 14.3. The maximum atomic E-state index is 5.43. The molecule has 0 atom stereocenters. The quantitative estimate of drug-likeness (QED) is 0.180. The van der Waals surface area contributed by atoms with Crippen molar-refractivity contribution in [1.82, 2.24) is 19.5 Å². The summed E-state index contributed by atoms with van der Waals surface area (Å²) >= 11 is 1.81. The molecule has 13 rings (SSSR count). The molecule has 0 unspecified atom stereocenters. The summed E-state index contributed by atoms with van der Waals surface area (Å²) in [6, 6.07) is 65.5. The van der Waals surface area contributed by atoms with E-state index in [-0.39, 0.29) is 0 Å². The Labute approximate surface area is 337 Å². The number of thiophene rings is 1. The van der Waals surface area contributed by atoms with Gasteiger partial charge in [0.25, 0.3) is 0 Å². The lowest BCUT2D eigenvalue weighted by atomic mass is 9.93. The summed E-state index contributed by atoms with van der Waals surface area (Å²) in [5, 5.41) is 9.77. The number of rotatable bonds is 4. The molecule has 3 aromatic heterocycles. The maximum Gasteiger partial charge on any atom is 0.166 e. The average Bonchev–Trinajstić information content (AvgIpc) is 3.79. The first kappa shape index (κ1) is 31.7. The summed E-state index contributed by atoms with van der Waals surface area (Å²) in [4.78, 5) is 16.0. The first-order valence-electron chi connectivity index (χ1n) is 19.6. The number of hydrogen-bond acceptors (Lipinski definition) is 4. The molecule has 0 spiro atoms. The van der Waals surface area contributed by atoms with E-state index in [1.807, 2.05) is 29.5 Å². The first-order valence-corrected chi connectivity index (χ1v) is 20.4. The lowest BCUT2D eigenvalue weighted by molar-refractivity contribution is 1.07. The molecule has 0 N–H and O–H groups in total. The third kappa shape index (κ3) is 4.47. The lowest BCUT2D eigenvalue weighted by Crippen LogP contribution is -2.04. The molecule has 1 aliphatic rings. The highest BCUT2D eigenvalue weighted by Gasteiger charge is 2.27. The van der Waals surface area contributed by atoms with Gasteiger partial charge in [-0.1, -0.05) is 152 Å². The Morgan fingerprint density at radius 1 is 0.345 bits per heavy atom. The molecule has 0 bridgehead atoms. The third-order valence-electron chi connectivity index (χ3n) is 12.0. The number of nitrogens with zero attached hydrogens (tertiary/aromatic N) is 4. The fourth-order valence-electron chi connectivity index (χ4n) is 9.47. The molecule has 5 heteroatoms. The van der Waals surface area contributed by atoms with Gasteiger partial charge in [0.05, 0.1) is 16.7 Å². The van der Waals surface area contributed by atoms with Crippen LogP contribution < -0.4 is 0 Å². The van der Waals surface area contributed by atoms with Crippen LogP contribution in [-0.4, -0.2) is 19.5 Å². The molecule has 0 aliphatic heterocycles. The van der Waals surface area contributed by atoms with Crippen LogP contribution in [0.15, 0.2) is 182 Å². The molecule has 3 heterocycles. The van der Waals surface area contributed by atoms with Crippen molar-refractivity contribution in [3.63, 3.8) is 0 Å². The topological polar surface area (TPSA) is 43.6 Å². The smallest absolute Gasteiger partial charge is 0.166 e. The zero-order valence-corrected chi connectivity index (χ0v) is 31.8. The molecule has 0 saturated carbocycles. The van der Waals surface area contributed by atoms with Gasteiger partial charge in [-0.3, -0.25) is 0 Å². The Balaban J connectivity index is 1.19. The van der Waals surface area contributed by atoms with Gasteiger partial charge in [0.15, 0.2) is 17.5 Å². The zero-order valence-electron chi connectivity index (χ0n) is 31.0. The van der Waals surface area contributed by atoms with E-state index in [0.717, 1.165) is 44.2 Å². The monoisotopic (exact) mass is 754 g/mol. The number of fused-ring (bicyclic) bond motifs is 7. The van der Waals surface area contributed by atoms with Crippen LogP contribution in [0.1, 0.15) is 0 Å². The fourth-order valence-corrected chi connectivity index (χ4v) is 10.6. The summed E-state index contributed by atoms with van der Waals surface area (Å²) in [6.07, 6.45) is 0. The van der Waals surface area contributed by atoms with Gasteiger partial charge >= 0.3 is 0 Å². The van der Waals surface area contributed by atoms with Gasteiger partial charge in [-0.15, -0.1) is 11.3 Å². The third-order valence-corrected chi connectivity index (χ3v) is 13.1. The second-order valence-electron chi connectivity index (χ2n) is 15.1. The van der Waals surface area contributed by atoms with E-state index in [4.69, 9.17) is 15.0 Å². The Bertz CT molecular complexity index is 3690. The molecule has 58 heavy (non-hydrogen) atoms. The van der Waals surface area contributed by atoms with Crippen molar-refractivity contribution < 1.29 is 0 Å². The van der Waals surface area contributed by atoms with Crippen LogP contribution in [0.25, 0.3) is 126 Å². The zero-order chi connectivity index (χ0) is 37.9. The summed E-state index contributed by atoms with van der Waals surface area (Å²) in [5.74, 6) is 1.92. The van der Waals surface area contributed by atoms with Gasteiger partial charge in [0.2, 0.25) is 0 Å². The van der Waals surface area contributed by atoms with Crippen molar-refractivity contribution in [2.75, 3.05) is 0 Å². The minimum atomic E-state index is 0.635.